The Kier molecular flexibility index (Phi) is 7.47. The Morgan fingerprint density at radius 1 is 1.03 bits per heavy atom. The van der Waals surface area contributed by atoms with Crippen LogP contribution in [0.4, 0.5) is 4.39 Å². The normalized spacial score (nSPS) is 11.7. The van der Waals surface area contributed by atoms with Crippen molar-refractivity contribution < 1.29 is 17.6 Å². The Hall–Kier alpha value is -3.30. The third-order valence-corrected chi connectivity index (χ3v) is 8.04. The molecule has 1 amide bonds. The molecule has 0 saturated carbocycles. The second-order valence-electron chi connectivity index (χ2n) is 8.49. The first-order valence-corrected chi connectivity index (χ1v) is 13.7. The number of imidazole rings is 1. The first kappa shape index (κ1) is 24.8. The lowest BCUT2D eigenvalue weighted by Gasteiger charge is -2.27. The van der Waals surface area contributed by atoms with Crippen molar-refractivity contribution in [3.05, 3.63) is 106 Å². The minimum atomic E-state index is -3.85. The summed E-state index contributed by atoms with van der Waals surface area (Å²) in [5.41, 5.74) is 2.00. The summed E-state index contributed by atoms with van der Waals surface area (Å²) in [6, 6.07) is 18.4. The number of sulfone groups is 1. The predicted octanol–water partition coefficient (Wildman–Crippen LogP) is 5.16. The van der Waals surface area contributed by atoms with Gasteiger partial charge in [0, 0.05) is 6.04 Å². The molecule has 4 rings (SSSR count). The van der Waals surface area contributed by atoms with E-state index in [1.165, 1.54) is 41.8 Å². The van der Waals surface area contributed by atoms with Crippen molar-refractivity contribution in [3.63, 3.8) is 0 Å². The molecule has 35 heavy (non-hydrogen) atoms. The molecular formula is C26H26FN3O3S2. The van der Waals surface area contributed by atoms with Crippen molar-refractivity contribution in [1.29, 1.82) is 0 Å². The van der Waals surface area contributed by atoms with Crippen LogP contribution in [0.2, 0.25) is 0 Å². The van der Waals surface area contributed by atoms with Crippen LogP contribution in [0.1, 0.15) is 40.3 Å². The summed E-state index contributed by atoms with van der Waals surface area (Å²) in [5, 5.41) is 1.78. The maximum atomic E-state index is 13.4. The Balaban J connectivity index is 1.71. The van der Waals surface area contributed by atoms with Crippen LogP contribution in [0.25, 0.3) is 0 Å². The Morgan fingerprint density at radius 3 is 2.37 bits per heavy atom. The molecule has 9 heteroatoms. The summed E-state index contributed by atoms with van der Waals surface area (Å²) >= 11 is 1.37. The third-order valence-electron chi connectivity index (χ3n) is 5.58. The summed E-state index contributed by atoms with van der Waals surface area (Å²) in [6.07, 6.45) is 1.53. The molecule has 0 radical (unpaired) electrons. The fourth-order valence-electron chi connectivity index (χ4n) is 3.77. The molecule has 2 aromatic carbocycles. The highest BCUT2D eigenvalue weighted by atomic mass is 32.2. The highest BCUT2D eigenvalue weighted by Crippen LogP contribution is 2.23. The number of rotatable bonds is 9. The van der Waals surface area contributed by atoms with Crippen LogP contribution < -0.4 is 0 Å². The van der Waals surface area contributed by atoms with Gasteiger partial charge in [-0.25, -0.2) is 17.8 Å². The molecule has 2 aromatic heterocycles. The minimum Gasteiger partial charge on any atom is -0.330 e. The monoisotopic (exact) mass is 511 g/mol. The number of halogens is 1. The highest BCUT2D eigenvalue weighted by molar-refractivity contribution is 7.90. The molecule has 2 heterocycles. The van der Waals surface area contributed by atoms with Gasteiger partial charge in [-0.05, 0) is 48.6 Å². The Labute approximate surface area is 208 Å². The van der Waals surface area contributed by atoms with E-state index in [1.54, 1.807) is 15.5 Å². The number of carbonyl (C=O) groups is 1. The van der Waals surface area contributed by atoms with E-state index in [0.29, 0.717) is 16.1 Å². The van der Waals surface area contributed by atoms with Gasteiger partial charge in [-0.15, -0.1) is 11.3 Å². The van der Waals surface area contributed by atoms with Gasteiger partial charge in [-0.2, -0.15) is 0 Å². The van der Waals surface area contributed by atoms with Gasteiger partial charge in [-0.1, -0.05) is 48.5 Å². The number of hydrogen-bond acceptors (Lipinski definition) is 5. The lowest BCUT2D eigenvalue weighted by molar-refractivity contribution is 0.0690. The number of hydrogen-bond donors (Lipinski definition) is 0. The van der Waals surface area contributed by atoms with Crippen molar-refractivity contribution in [2.45, 2.75) is 43.9 Å². The molecule has 0 aliphatic rings. The number of thiophene rings is 1. The Morgan fingerprint density at radius 2 is 1.74 bits per heavy atom. The molecule has 182 valence electrons. The standard InChI is InChI=1S/C26H26FN3O3S2/c1-19(2)29(25(31)24-9-6-14-34-24)17-23-15-28-26(30(23)16-20-7-4-3-5-8-20)35(32,33)18-21-10-12-22(27)13-11-21/h3-15,19H,16-18H2,1-2H3. The van der Waals surface area contributed by atoms with Crippen molar-refractivity contribution in [1.82, 2.24) is 14.5 Å². The fraction of sp³-hybridized carbons (Fsp3) is 0.231. The number of carbonyl (C=O) groups excluding carboxylic acids is 1. The quantitative estimate of drug-likeness (QED) is 0.311. The van der Waals surface area contributed by atoms with Gasteiger partial charge in [0.25, 0.3) is 5.91 Å². The minimum absolute atomic E-state index is 0.0760. The average molecular weight is 512 g/mol. The number of amides is 1. The molecule has 0 bridgehead atoms. The van der Waals surface area contributed by atoms with Crippen LogP contribution in [-0.4, -0.2) is 34.8 Å². The summed E-state index contributed by atoms with van der Waals surface area (Å²) in [6.45, 7) is 4.35. The second-order valence-corrected chi connectivity index (χ2v) is 11.3. The first-order chi connectivity index (χ1) is 16.7. The molecule has 0 spiro atoms. The van der Waals surface area contributed by atoms with Crippen molar-refractivity contribution in [2.75, 3.05) is 0 Å². The number of aromatic nitrogens is 2. The van der Waals surface area contributed by atoms with Gasteiger partial charge in [0.05, 0.1) is 35.6 Å². The van der Waals surface area contributed by atoms with Crippen LogP contribution in [0.5, 0.6) is 0 Å². The molecule has 0 aliphatic carbocycles. The molecule has 0 fully saturated rings. The van der Waals surface area contributed by atoms with E-state index in [0.717, 1.165) is 5.56 Å². The maximum absolute atomic E-state index is 13.4. The lowest BCUT2D eigenvalue weighted by Crippen LogP contribution is -2.36. The van der Waals surface area contributed by atoms with E-state index in [9.17, 15) is 17.6 Å². The van der Waals surface area contributed by atoms with Gasteiger partial charge >= 0.3 is 0 Å². The van der Waals surface area contributed by atoms with Gasteiger partial charge < -0.3 is 9.47 Å². The van der Waals surface area contributed by atoms with Gasteiger partial charge in [0.15, 0.2) is 0 Å². The van der Waals surface area contributed by atoms with E-state index in [2.05, 4.69) is 4.98 Å². The number of benzene rings is 2. The zero-order chi connectivity index (χ0) is 25.0. The Bertz CT molecular complexity index is 1380. The van der Waals surface area contributed by atoms with Crippen LogP contribution in [0, 0.1) is 5.82 Å². The molecule has 0 N–H and O–H groups in total. The molecule has 4 aromatic rings. The molecule has 0 unspecified atom stereocenters. The molecule has 6 nitrogen and oxygen atoms in total. The lowest BCUT2D eigenvalue weighted by atomic mass is 10.2. The third kappa shape index (κ3) is 5.86. The van der Waals surface area contributed by atoms with E-state index >= 15 is 0 Å². The van der Waals surface area contributed by atoms with Crippen molar-refractivity contribution in [2.24, 2.45) is 0 Å². The van der Waals surface area contributed by atoms with Gasteiger partial charge in [0.1, 0.15) is 5.82 Å². The highest BCUT2D eigenvalue weighted by Gasteiger charge is 2.27. The van der Waals surface area contributed by atoms with Gasteiger partial charge in [0.2, 0.25) is 15.0 Å². The molecule has 0 aliphatic heterocycles. The van der Waals surface area contributed by atoms with Crippen LogP contribution in [0.15, 0.2) is 83.5 Å². The summed E-state index contributed by atoms with van der Waals surface area (Å²) < 4.78 is 41.8. The van der Waals surface area contributed by atoms with Crippen LogP contribution in [-0.2, 0) is 28.7 Å². The summed E-state index contributed by atoms with van der Waals surface area (Å²) in [7, 11) is -3.85. The van der Waals surface area contributed by atoms with E-state index in [-0.39, 0.29) is 35.9 Å². The van der Waals surface area contributed by atoms with Crippen molar-refractivity contribution >= 4 is 27.1 Å². The number of nitrogens with zero attached hydrogens (tertiary/aromatic N) is 3. The van der Waals surface area contributed by atoms with Crippen LogP contribution in [0.3, 0.4) is 0 Å². The summed E-state index contributed by atoms with van der Waals surface area (Å²) in [4.78, 5) is 19.8. The summed E-state index contributed by atoms with van der Waals surface area (Å²) in [5.74, 6) is -0.845. The first-order valence-electron chi connectivity index (χ1n) is 11.1. The zero-order valence-corrected chi connectivity index (χ0v) is 21.1. The fourth-order valence-corrected chi connectivity index (χ4v) is 5.94. The van der Waals surface area contributed by atoms with Crippen molar-refractivity contribution in [3.8, 4) is 0 Å². The van der Waals surface area contributed by atoms with Gasteiger partial charge in [-0.3, -0.25) is 4.79 Å². The predicted molar refractivity (Wildman–Crippen MR) is 134 cm³/mol. The zero-order valence-electron chi connectivity index (χ0n) is 19.5. The van der Waals surface area contributed by atoms with Crippen LogP contribution >= 0.6 is 11.3 Å². The maximum Gasteiger partial charge on any atom is 0.264 e. The van der Waals surface area contributed by atoms with E-state index in [1.807, 2.05) is 55.6 Å². The molecule has 0 saturated heterocycles. The topological polar surface area (TPSA) is 72.3 Å². The molecular weight excluding hydrogens is 485 g/mol. The van der Waals surface area contributed by atoms with E-state index in [4.69, 9.17) is 0 Å². The largest absolute Gasteiger partial charge is 0.330 e. The van der Waals surface area contributed by atoms with E-state index < -0.39 is 15.7 Å². The second kappa shape index (κ2) is 10.5. The molecule has 0 atom stereocenters. The average Bonchev–Trinajstić information content (AvgIpc) is 3.50. The smallest absolute Gasteiger partial charge is 0.264 e. The SMILES string of the molecule is CC(C)N(Cc1cnc(S(=O)(=O)Cc2ccc(F)cc2)n1Cc1ccccc1)C(=O)c1cccs1.